The van der Waals surface area contributed by atoms with Gasteiger partial charge < -0.3 is 15.2 Å². The van der Waals surface area contributed by atoms with Crippen molar-refractivity contribution in [2.75, 3.05) is 6.61 Å². The largest absolute Gasteiger partial charge is 0.493 e. The molecular formula is C17H25NO2. The molecular weight excluding hydrogens is 250 g/mol. The van der Waals surface area contributed by atoms with Gasteiger partial charge in [-0.3, -0.25) is 0 Å². The Morgan fingerprint density at radius 3 is 3.10 bits per heavy atom. The highest BCUT2D eigenvalue weighted by Crippen LogP contribution is 2.30. The maximum absolute atomic E-state index is 9.81. The van der Waals surface area contributed by atoms with Crippen LogP contribution in [-0.2, 0) is 6.42 Å². The van der Waals surface area contributed by atoms with E-state index in [1.165, 1.54) is 17.5 Å². The molecule has 1 aromatic carbocycles. The van der Waals surface area contributed by atoms with E-state index in [-0.39, 0.29) is 6.10 Å². The lowest BCUT2D eigenvalue weighted by atomic mass is 9.91. The van der Waals surface area contributed by atoms with Crippen LogP contribution in [0.25, 0.3) is 0 Å². The highest BCUT2D eigenvalue weighted by Gasteiger charge is 2.23. The number of nitrogens with one attached hydrogen (secondary N) is 1. The first-order valence-electron chi connectivity index (χ1n) is 7.96. The second-order valence-electron chi connectivity index (χ2n) is 6.11. The number of ether oxygens (including phenoxy) is 1. The van der Waals surface area contributed by atoms with Crippen molar-refractivity contribution in [3.63, 3.8) is 0 Å². The fraction of sp³-hybridized carbons (Fsp3) is 0.647. The molecule has 3 unspecified atom stereocenters. The summed E-state index contributed by atoms with van der Waals surface area (Å²) in [5, 5.41) is 13.5. The molecule has 0 spiro atoms. The third kappa shape index (κ3) is 2.99. The number of aliphatic hydroxyl groups excluding tert-OH is 1. The van der Waals surface area contributed by atoms with Gasteiger partial charge in [-0.25, -0.2) is 0 Å². The normalized spacial score (nSPS) is 26.9. The number of hydrogen-bond donors (Lipinski definition) is 2. The lowest BCUT2D eigenvalue weighted by Crippen LogP contribution is -2.38. The van der Waals surface area contributed by atoms with Crippen LogP contribution >= 0.6 is 0 Å². The summed E-state index contributed by atoms with van der Waals surface area (Å²) in [5.74, 6) is 1.05. The molecule has 0 radical (unpaired) electrons. The fourth-order valence-electron chi connectivity index (χ4n) is 3.47. The summed E-state index contributed by atoms with van der Waals surface area (Å²) in [4.78, 5) is 0. The van der Waals surface area contributed by atoms with Gasteiger partial charge in [-0.2, -0.15) is 0 Å². The minimum absolute atomic E-state index is 0.118. The van der Waals surface area contributed by atoms with Crippen molar-refractivity contribution in [1.82, 2.24) is 5.32 Å². The third-order valence-corrected chi connectivity index (χ3v) is 4.61. The van der Waals surface area contributed by atoms with Crippen molar-refractivity contribution >= 4 is 0 Å². The van der Waals surface area contributed by atoms with E-state index in [0.29, 0.717) is 12.1 Å². The van der Waals surface area contributed by atoms with E-state index in [2.05, 4.69) is 30.4 Å². The molecule has 1 fully saturated rings. The zero-order chi connectivity index (χ0) is 13.9. The standard InChI is InChI=1S/C17H25NO2/c1-2-16(18-14-4-3-5-15(19)11-14)12-6-7-17-13(10-12)8-9-20-17/h6-7,10,14-16,18-19H,2-5,8-9,11H2,1H3. The smallest absolute Gasteiger partial charge is 0.122 e. The first-order chi connectivity index (χ1) is 9.76. The summed E-state index contributed by atoms with van der Waals surface area (Å²) < 4.78 is 5.58. The van der Waals surface area contributed by atoms with Gasteiger partial charge in [0.15, 0.2) is 0 Å². The van der Waals surface area contributed by atoms with Crippen molar-refractivity contribution in [2.45, 2.75) is 63.6 Å². The van der Waals surface area contributed by atoms with E-state index in [1.807, 2.05) is 0 Å². The fourth-order valence-corrected chi connectivity index (χ4v) is 3.47. The lowest BCUT2D eigenvalue weighted by Gasteiger charge is -2.31. The van der Waals surface area contributed by atoms with Crippen LogP contribution in [0.2, 0.25) is 0 Å². The van der Waals surface area contributed by atoms with E-state index in [9.17, 15) is 5.11 Å². The van der Waals surface area contributed by atoms with Gasteiger partial charge >= 0.3 is 0 Å². The summed E-state index contributed by atoms with van der Waals surface area (Å²) in [7, 11) is 0. The zero-order valence-electron chi connectivity index (χ0n) is 12.3. The Morgan fingerprint density at radius 1 is 1.40 bits per heavy atom. The third-order valence-electron chi connectivity index (χ3n) is 4.61. The molecule has 2 N–H and O–H groups in total. The first kappa shape index (κ1) is 13.9. The summed E-state index contributed by atoms with van der Waals surface area (Å²) in [5.41, 5.74) is 2.70. The van der Waals surface area contributed by atoms with Crippen molar-refractivity contribution in [2.24, 2.45) is 0 Å². The van der Waals surface area contributed by atoms with Gasteiger partial charge in [0.25, 0.3) is 0 Å². The highest BCUT2D eigenvalue weighted by atomic mass is 16.5. The Hall–Kier alpha value is -1.06. The molecule has 0 aromatic heterocycles. The molecule has 1 heterocycles. The zero-order valence-corrected chi connectivity index (χ0v) is 12.3. The molecule has 0 amide bonds. The predicted octanol–water partition coefficient (Wildman–Crippen LogP) is 2.97. The molecule has 1 aliphatic heterocycles. The average molecular weight is 275 g/mol. The van der Waals surface area contributed by atoms with Crippen molar-refractivity contribution in [3.05, 3.63) is 29.3 Å². The van der Waals surface area contributed by atoms with Crippen LogP contribution in [0.5, 0.6) is 5.75 Å². The minimum atomic E-state index is -0.118. The number of fused-ring (bicyclic) bond motifs is 1. The highest BCUT2D eigenvalue weighted by molar-refractivity contribution is 5.40. The lowest BCUT2D eigenvalue weighted by molar-refractivity contribution is 0.108. The molecule has 20 heavy (non-hydrogen) atoms. The molecule has 1 saturated carbocycles. The van der Waals surface area contributed by atoms with Crippen LogP contribution < -0.4 is 10.1 Å². The maximum Gasteiger partial charge on any atom is 0.122 e. The molecule has 3 rings (SSSR count). The van der Waals surface area contributed by atoms with E-state index in [4.69, 9.17) is 4.74 Å². The molecule has 1 aliphatic carbocycles. The molecule has 1 aromatic rings. The molecule has 2 aliphatic rings. The topological polar surface area (TPSA) is 41.5 Å². The van der Waals surface area contributed by atoms with Crippen molar-refractivity contribution in [3.8, 4) is 5.75 Å². The van der Waals surface area contributed by atoms with Gasteiger partial charge in [0.05, 0.1) is 12.7 Å². The van der Waals surface area contributed by atoms with E-state index < -0.39 is 0 Å². The second-order valence-corrected chi connectivity index (χ2v) is 6.11. The Balaban J connectivity index is 1.69. The van der Waals surface area contributed by atoms with Crippen LogP contribution in [0.4, 0.5) is 0 Å². The average Bonchev–Trinajstić information content (AvgIpc) is 2.92. The van der Waals surface area contributed by atoms with Crippen LogP contribution in [0, 0.1) is 0 Å². The molecule has 0 bridgehead atoms. The van der Waals surface area contributed by atoms with E-state index >= 15 is 0 Å². The van der Waals surface area contributed by atoms with Gasteiger partial charge in [-0.1, -0.05) is 19.1 Å². The maximum atomic E-state index is 9.81. The van der Waals surface area contributed by atoms with Crippen LogP contribution in [0.15, 0.2) is 18.2 Å². The van der Waals surface area contributed by atoms with Gasteiger partial charge in [-0.05, 0) is 49.3 Å². The van der Waals surface area contributed by atoms with Gasteiger partial charge in [0.2, 0.25) is 0 Å². The molecule has 3 atom stereocenters. The number of aliphatic hydroxyl groups is 1. The van der Waals surface area contributed by atoms with Gasteiger partial charge in [-0.15, -0.1) is 0 Å². The van der Waals surface area contributed by atoms with Crippen molar-refractivity contribution < 1.29 is 9.84 Å². The van der Waals surface area contributed by atoms with Crippen LogP contribution in [0.3, 0.4) is 0 Å². The van der Waals surface area contributed by atoms with Crippen LogP contribution in [-0.4, -0.2) is 23.9 Å². The Kier molecular flexibility index (Phi) is 4.27. The summed E-state index contributed by atoms with van der Waals surface area (Å²) in [6, 6.07) is 7.43. The number of hydrogen-bond acceptors (Lipinski definition) is 3. The Morgan fingerprint density at radius 2 is 2.30 bits per heavy atom. The Labute approximate surface area is 121 Å². The molecule has 110 valence electrons. The molecule has 3 nitrogen and oxygen atoms in total. The van der Waals surface area contributed by atoms with Gasteiger partial charge in [0.1, 0.15) is 5.75 Å². The second kappa shape index (κ2) is 6.15. The van der Waals surface area contributed by atoms with Crippen molar-refractivity contribution in [1.29, 1.82) is 0 Å². The molecule has 0 saturated heterocycles. The quantitative estimate of drug-likeness (QED) is 0.887. The summed E-state index contributed by atoms with van der Waals surface area (Å²) in [6.07, 6.45) is 6.16. The Bertz CT molecular complexity index is 460. The predicted molar refractivity (Wildman–Crippen MR) is 80.1 cm³/mol. The number of benzene rings is 1. The SMILES string of the molecule is CCC(NC1CCCC(O)C1)c1ccc2c(c1)CCO2. The monoisotopic (exact) mass is 275 g/mol. The first-order valence-corrected chi connectivity index (χ1v) is 7.96. The van der Waals surface area contributed by atoms with E-state index in [0.717, 1.165) is 44.5 Å². The summed E-state index contributed by atoms with van der Waals surface area (Å²) >= 11 is 0. The van der Waals surface area contributed by atoms with Gasteiger partial charge in [0, 0.05) is 18.5 Å². The molecule has 3 heteroatoms. The minimum Gasteiger partial charge on any atom is -0.493 e. The van der Waals surface area contributed by atoms with Crippen LogP contribution in [0.1, 0.15) is 56.2 Å². The van der Waals surface area contributed by atoms with E-state index in [1.54, 1.807) is 0 Å². The summed E-state index contributed by atoms with van der Waals surface area (Å²) in [6.45, 7) is 3.04. The number of rotatable bonds is 4.